The number of carbonyl (C=O) groups excluding carboxylic acids is 1. The molecule has 0 amide bonds. The van der Waals surface area contributed by atoms with Gasteiger partial charge in [-0.25, -0.2) is 0 Å². The molecular weight excluding hydrogens is 228 g/mol. The fraction of sp³-hybridized carbons (Fsp3) is 0.667. The third-order valence-electron chi connectivity index (χ3n) is 4.63. The molecule has 0 spiro atoms. The number of rotatable bonds is 2. The van der Waals surface area contributed by atoms with Gasteiger partial charge in [-0.05, 0) is 25.7 Å². The normalized spacial score (nSPS) is 36.0. The number of hydrogen-bond donors (Lipinski definition) is 1. The lowest BCUT2D eigenvalue weighted by atomic mass is 9.61. The summed E-state index contributed by atoms with van der Waals surface area (Å²) in [6.45, 7) is 3.78. The molecular formula is C15H22O3. The predicted octanol–water partition coefficient (Wildman–Crippen LogP) is 2.75. The summed E-state index contributed by atoms with van der Waals surface area (Å²) in [4.78, 5) is 12.3. The Bertz CT molecular complexity index is 385. The quantitative estimate of drug-likeness (QED) is 0.766. The van der Waals surface area contributed by atoms with E-state index in [0.717, 1.165) is 24.8 Å². The highest BCUT2D eigenvalue weighted by atomic mass is 16.5. The van der Waals surface area contributed by atoms with Crippen molar-refractivity contribution in [3.63, 3.8) is 0 Å². The molecule has 0 aliphatic heterocycles. The van der Waals surface area contributed by atoms with Crippen LogP contribution in [0.2, 0.25) is 0 Å². The van der Waals surface area contributed by atoms with E-state index in [9.17, 15) is 9.90 Å². The van der Waals surface area contributed by atoms with Crippen molar-refractivity contribution < 1.29 is 14.6 Å². The minimum absolute atomic E-state index is 0.264. The van der Waals surface area contributed by atoms with Crippen molar-refractivity contribution in [1.29, 1.82) is 0 Å². The van der Waals surface area contributed by atoms with Crippen LogP contribution in [0.15, 0.2) is 24.3 Å². The summed E-state index contributed by atoms with van der Waals surface area (Å²) in [7, 11) is 1.41. The average Bonchev–Trinajstić information content (AvgIpc) is 2.56. The predicted molar refractivity (Wildman–Crippen MR) is 70.0 cm³/mol. The molecule has 3 heteroatoms. The topological polar surface area (TPSA) is 46.5 Å². The first-order chi connectivity index (χ1) is 8.58. The number of hydrogen-bond acceptors (Lipinski definition) is 3. The monoisotopic (exact) mass is 250 g/mol. The summed E-state index contributed by atoms with van der Waals surface area (Å²) in [5.74, 6) is -0.264. The molecule has 2 rings (SSSR count). The number of fused-ring (bicyclic) bond motifs is 1. The van der Waals surface area contributed by atoms with Crippen LogP contribution in [-0.4, -0.2) is 23.8 Å². The number of aliphatic hydroxyl groups is 1. The molecule has 1 N–H and O–H groups in total. The molecule has 0 aromatic heterocycles. The maximum Gasteiger partial charge on any atom is 0.315 e. The van der Waals surface area contributed by atoms with Crippen LogP contribution in [0, 0.1) is 5.41 Å². The molecule has 2 atom stereocenters. The van der Waals surface area contributed by atoms with Crippen LogP contribution in [0.3, 0.4) is 0 Å². The van der Waals surface area contributed by atoms with E-state index in [0.29, 0.717) is 25.7 Å². The Hall–Kier alpha value is -1.09. The summed E-state index contributed by atoms with van der Waals surface area (Å²) in [6.07, 6.45) is 9.31. The van der Waals surface area contributed by atoms with Gasteiger partial charge in [-0.3, -0.25) is 4.79 Å². The number of esters is 1. The van der Waals surface area contributed by atoms with Gasteiger partial charge in [-0.2, -0.15) is 0 Å². The van der Waals surface area contributed by atoms with Crippen molar-refractivity contribution in [1.82, 2.24) is 0 Å². The highest BCUT2D eigenvalue weighted by molar-refractivity contribution is 5.79. The molecule has 0 unspecified atom stereocenters. The van der Waals surface area contributed by atoms with Gasteiger partial charge in [-0.15, -0.1) is 0 Å². The third kappa shape index (κ3) is 1.91. The molecule has 0 saturated heterocycles. The zero-order valence-corrected chi connectivity index (χ0v) is 11.1. The Labute approximate surface area is 109 Å². The van der Waals surface area contributed by atoms with Crippen molar-refractivity contribution in [2.45, 2.75) is 50.5 Å². The van der Waals surface area contributed by atoms with Crippen LogP contribution in [0.1, 0.15) is 44.9 Å². The van der Waals surface area contributed by atoms with Crippen molar-refractivity contribution >= 4 is 5.97 Å². The molecule has 100 valence electrons. The van der Waals surface area contributed by atoms with Crippen molar-refractivity contribution in [3.8, 4) is 0 Å². The molecule has 1 saturated carbocycles. The zero-order chi connectivity index (χ0) is 13.2. The van der Waals surface area contributed by atoms with Gasteiger partial charge >= 0.3 is 5.97 Å². The molecule has 18 heavy (non-hydrogen) atoms. The summed E-state index contributed by atoms with van der Waals surface area (Å²) in [5.41, 5.74) is -0.661. The van der Waals surface area contributed by atoms with Gasteiger partial charge in [0.05, 0.1) is 12.7 Å². The summed E-state index contributed by atoms with van der Waals surface area (Å²) < 4.78 is 5.00. The SMILES string of the molecule is C=CC1=CC[C@]2(O)CCCCC[C@]2(C(=O)OC)C1. The average molecular weight is 250 g/mol. The van der Waals surface area contributed by atoms with E-state index in [4.69, 9.17) is 4.74 Å². The Kier molecular flexibility index (Phi) is 3.62. The number of methoxy groups -OCH3 is 1. The Morgan fingerprint density at radius 3 is 2.83 bits per heavy atom. The lowest BCUT2D eigenvalue weighted by Crippen LogP contribution is -2.54. The van der Waals surface area contributed by atoms with Crippen molar-refractivity contribution in [2.75, 3.05) is 7.11 Å². The van der Waals surface area contributed by atoms with E-state index in [1.54, 1.807) is 6.08 Å². The summed E-state index contributed by atoms with van der Waals surface area (Å²) in [5, 5.41) is 11.0. The van der Waals surface area contributed by atoms with Crippen LogP contribution in [-0.2, 0) is 9.53 Å². The van der Waals surface area contributed by atoms with Crippen LogP contribution in [0.4, 0.5) is 0 Å². The maximum absolute atomic E-state index is 12.3. The molecule has 0 heterocycles. The molecule has 2 aliphatic carbocycles. The molecule has 0 aromatic rings. The van der Waals surface area contributed by atoms with E-state index in [1.807, 2.05) is 6.08 Å². The van der Waals surface area contributed by atoms with E-state index in [-0.39, 0.29) is 5.97 Å². The smallest absolute Gasteiger partial charge is 0.315 e. The minimum atomic E-state index is -0.941. The maximum atomic E-state index is 12.3. The molecule has 0 bridgehead atoms. The van der Waals surface area contributed by atoms with Crippen LogP contribution in [0.25, 0.3) is 0 Å². The second-order valence-corrected chi connectivity index (χ2v) is 5.53. The Balaban J connectivity index is 2.45. The molecule has 3 nitrogen and oxygen atoms in total. The highest BCUT2D eigenvalue weighted by Gasteiger charge is 2.57. The fourth-order valence-electron chi connectivity index (χ4n) is 3.48. The first-order valence-corrected chi connectivity index (χ1v) is 6.70. The van der Waals surface area contributed by atoms with Crippen molar-refractivity contribution in [2.24, 2.45) is 5.41 Å². The van der Waals surface area contributed by atoms with E-state index >= 15 is 0 Å². The second kappa shape index (κ2) is 4.88. The van der Waals surface area contributed by atoms with Crippen LogP contribution < -0.4 is 0 Å². The van der Waals surface area contributed by atoms with E-state index in [2.05, 4.69) is 6.58 Å². The zero-order valence-electron chi connectivity index (χ0n) is 11.1. The lowest BCUT2D eigenvalue weighted by molar-refractivity contribution is -0.176. The van der Waals surface area contributed by atoms with Gasteiger partial charge < -0.3 is 9.84 Å². The first-order valence-electron chi connectivity index (χ1n) is 6.70. The highest BCUT2D eigenvalue weighted by Crippen LogP contribution is 2.52. The van der Waals surface area contributed by atoms with Crippen molar-refractivity contribution in [3.05, 3.63) is 24.3 Å². The molecule has 0 radical (unpaired) electrons. The van der Waals surface area contributed by atoms with Gasteiger partial charge in [-0.1, -0.05) is 43.6 Å². The van der Waals surface area contributed by atoms with Crippen LogP contribution in [0.5, 0.6) is 0 Å². The summed E-state index contributed by atoms with van der Waals surface area (Å²) in [6, 6.07) is 0. The standard InChI is InChI=1S/C15H22O3/c1-3-12-7-10-15(17)9-6-4-5-8-14(15,11-12)13(16)18-2/h3,7,17H,1,4-6,8-11H2,2H3/t14-,15-/m1/s1. The minimum Gasteiger partial charge on any atom is -0.468 e. The van der Waals surface area contributed by atoms with Gasteiger partial charge in [0, 0.05) is 0 Å². The van der Waals surface area contributed by atoms with Gasteiger partial charge in [0.25, 0.3) is 0 Å². The largest absolute Gasteiger partial charge is 0.468 e. The molecule has 0 aromatic carbocycles. The third-order valence-corrected chi connectivity index (χ3v) is 4.63. The van der Waals surface area contributed by atoms with E-state index in [1.165, 1.54) is 7.11 Å². The van der Waals surface area contributed by atoms with E-state index < -0.39 is 11.0 Å². The first kappa shape index (κ1) is 13.3. The molecule has 1 fully saturated rings. The Morgan fingerprint density at radius 1 is 1.44 bits per heavy atom. The lowest BCUT2D eigenvalue weighted by Gasteiger charge is -2.46. The summed E-state index contributed by atoms with van der Waals surface area (Å²) >= 11 is 0. The second-order valence-electron chi connectivity index (χ2n) is 5.53. The number of carbonyl (C=O) groups is 1. The molecule has 2 aliphatic rings. The van der Waals surface area contributed by atoms with Crippen LogP contribution >= 0.6 is 0 Å². The van der Waals surface area contributed by atoms with Gasteiger partial charge in [0.15, 0.2) is 0 Å². The number of allylic oxidation sites excluding steroid dienone is 2. The van der Waals surface area contributed by atoms with Gasteiger partial charge in [0.1, 0.15) is 5.41 Å². The Morgan fingerprint density at radius 2 is 2.17 bits per heavy atom. The fourth-order valence-corrected chi connectivity index (χ4v) is 3.48. The van der Waals surface area contributed by atoms with Gasteiger partial charge in [0.2, 0.25) is 0 Å². The number of ether oxygens (including phenoxy) is 1.